The van der Waals surface area contributed by atoms with Crippen molar-refractivity contribution >= 4 is 22.9 Å². The molecule has 0 aliphatic heterocycles. The summed E-state index contributed by atoms with van der Waals surface area (Å²) in [5, 5.41) is 4.17. The lowest BCUT2D eigenvalue weighted by Crippen LogP contribution is -2.12. The molecule has 0 atom stereocenters. The number of thiophene rings is 1. The Labute approximate surface area is 129 Å². The van der Waals surface area contributed by atoms with Gasteiger partial charge >= 0.3 is 0 Å². The molecule has 108 valence electrons. The first kappa shape index (κ1) is 15.5. The second-order valence-corrected chi connectivity index (χ2v) is 6.35. The third kappa shape index (κ3) is 5.25. The van der Waals surface area contributed by atoms with Crippen LogP contribution in [0.4, 0.5) is 0 Å². The summed E-state index contributed by atoms with van der Waals surface area (Å²) in [5.74, 6) is 0. The highest BCUT2D eigenvalue weighted by Crippen LogP contribution is 2.18. The van der Waals surface area contributed by atoms with E-state index < -0.39 is 0 Å². The topological polar surface area (TPSA) is 21.3 Å². The summed E-state index contributed by atoms with van der Waals surface area (Å²) in [6, 6.07) is 12.1. The molecule has 0 aliphatic carbocycles. The van der Waals surface area contributed by atoms with Gasteiger partial charge in [-0.3, -0.25) is 0 Å². The van der Waals surface area contributed by atoms with Crippen molar-refractivity contribution < 1.29 is 4.74 Å². The van der Waals surface area contributed by atoms with Crippen molar-refractivity contribution in [3.8, 4) is 0 Å². The Hall–Kier alpha value is -0.870. The van der Waals surface area contributed by atoms with E-state index in [1.807, 2.05) is 35.6 Å². The van der Waals surface area contributed by atoms with Gasteiger partial charge in [-0.05, 0) is 42.8 Å². The molecule has 2 rings (SSSR count). The molecule has 0 spiro atoms. The zero-order valence-corrected chi connectivity index (χ0v) is 13.3. The zero-order valence-electron chi connectivity index (χ0n) is 11.7. The molecule has 1 heterocycles. The third-order valence-corrected chi connectivity index (χ3v) is 4.18. The van der Waals surface area contributed by atoms with E-state index in [9.17, 15) is 0 Å². The highest BCUT2D eigenvalue weighted by molar-refractivity contribution is 7.11. The molecule has 2 aromatic rings. The highest BCUT2D eigenvalue weighted by Gasteiger charge is 2.01. The number of rotatable bonds is 8. The van der Waals surface area contributed by atoms with Crippen LogP contribution in [0.1, 0.15) is 28.7 Å². The molecule has 0 amide bonds. The Kier molecular flexibility index (Phi) is 6.54. The van der Waals surface area contributed by atoms with Gasteiger partial charge in [0.05, 0.1) is 13.2 Å². The van der Waals surface area contributed by atoms with Gasteiger partial charge in [-0.2, -0.15) is 0 Å². The van der Waals surface area contributed by atoms with E-state index in [0.29, 0.717) is 13.2 Å². The van der Waals surface area contributed by atoms with Gasteiger partial charge in [0.2, 0.25) is 0 Å². The Balaban J connectivity index is 1.72. The first-order chi connectivity index (χ1) is 9.78. The van der Waals surface area contributed by atoms with Crippen LogP contribution in [0.5, 0.6) is 0 Å². The summed E-state index contributed by atoms with van der Waals surface area (Å²) in [4.78, 5) is 2.64. The number of halogens is 1. The fraction of sp³-hybridized carbons (Fsp3) is 0.375. The smallest absolute Gasteiger partial charge is 0.0814 e. The molecule has 0 saturated heterocycles. The van der Waals surface area contributed by atoms with Crippen molar-refractivity contribution in [2.45, 2.75) is 33.1 Å². The maximum atomic E-state index is 5.85. The lowest BCUT2D eigenvalue weighted by atomic mass is 10.2. The molecule has 0 saturated carbocycles. The summed E-state index contributed by atoms with van der Waals surface area (Å²) < 4.78 is 5.73. The van der Waals surface area contributed by atoms with Gasteiger partial charge in [-0.25, -0.2) is 0 Å². The number of ether oxygens (including phenoxy) is 1. The predicted molar refractivity (Wildman–Crippen MR) is 86.3 cm³/mol. The number of hydrogen-bond acceptors (Lipinski definition) is 3. The number of benzene rings is 1. The Morgan fingerprint density at radius 2 is 1.80 bits per heavy atom. The van der Waals surface area contributed by atoms with E-state index in [0.717, 1.165) is 23.7 Å². The molecular formula is C16H20ClNOS. The minimum atomic E-state index is 0.623. The summed E-state index contributed by atoms with van der Waals surface area (Å²) in [6.45, 7) is 5.49. The molecule has 20 heavy (non-hydrogen) atoms. The van der Waals surface area contributed by atoms with Crippen LogP contribution >= 0.6 is 22.9 Å². The molecular weight excluding hydrogens is 290 g/mol. The average molecular weight is 310 g/mol. The van der Waals surface area contributed by atoms with Gasteiger partial charge in [0.1, 0.15) is 0 Å². The predicted octanol–water partition coefficient (Wildman–Crippen LogP) is 4.62. The summed E-state index contributed by atoms with van der Waals surface area (Å²) in [5.41, 5.74) is 1.15. The summed E-state index contributed by atoms with van der Waals surface area (Å²) >= 11 is 7.66. The number of nitrogens with one attached hydrogen (secondary N) is 1. The summed E-state index contributed by atoms with van der Waals surface area (Å²) in [7, 11) is 0. The number of hydrogen-bond donors (Lipinski definition) is 1. The van der Waals surface area contributed by atoms with Gasteiger partial charge in [-0.1, -0.05) is 30.7 Å². The van der Waals surface area contributed by atoms with Crippen molar-refractivity contribution in [2.24, 2.45) is 0 Å². The van der Waals surface area contributed by atoms with Crippen molar-refractivity contribution in [2.75, 3.05) is 6.54 Å². The van der Waals surface area contributed by atoms with E-state index in [-0.39, 0.29) is 0 Å². The van der Waals surface area contributed by atoms with E-state index in [1.54, 1.807) is 0 Å². The SMILES string of the molecule is CCCNCc1ccc(COCc2ccc(Cl)cc2)s1. The molecule has 0 radical (unpaired) electrons. The van der Waals surface area contributed by atoms with Crippen molar-refractivity contribution in [3.63, 3.8) is 0 Å². The normalized spacial score (nSPS) is 10.9. The van der Waals surface area contributed by atoms with Crippen molar-refractivity contribution in [1.29, 1.82) is 0 Å². The van der Waals surface area contributed by atoms with Crippen LogP contribution in [0.3, 0.4) is 0 Å². The van der Waals surface area contributed by atoms with Crippen LogP contribution in [-0.4, -0.2) is 6.54 Å². The second kappa shape index (κ2) is 8.42. The van der Waals surface area contributed by atoms with Crippen LogP contribution in [0.2, 0.25) is 5.02 Å². The Morgan fingerprint density at radius 3 is 2.55 bits per heavy atom. The van der Waals surface area contributed by atoms with E-state index in [4.69, 9.17) is 16.3 Å². The lowest BCUT2D eigenvalue weighted by Gasteiger charge is -2.03. The minimum Gasteiger partial charge on any atom is -0.371 e. The van der Waals surface area contributed by atoms with Gasteiger partial charge in [-0.15, -0.1) is 11.3 Å². The molecule has 2 nitrogen and oxygen atoms in total. The molecule has 4 heteroatoms. The molecule has 0 fully saturated rings. The maximum Gasteiger partial charge on any atom is 0.0814 e. The Bertz CT molecular complexity index is 509. The van der Waals surface area contributed by atoms with Crippen molar-refractivity contribution in [1.82, 2.24) is 5.32 Å². The maximum absolute atomic E-state index is 5.85. The van der Waals surface area contributed by atoms with Gasteiger partial charge < -0.3 is 10.1 Å². The quantitative estimate of drug-likeness (QED) is 0.719. The van der Waals surface area contributed by atoms with Crippen molar-refractivity contribution in [3.05, 3.63) is 56.7 Å². The van der Waals surface area contributed by atoms with Crippen LogP contribution in [0, 0.1) is 0 Å². The average Bonchev–Trinajstić information content (AvgIpc) is 2.89. The lowest BCUT2D eigenvalue weighted by molar-refractivity contribution is 0.109. The van der Waals surface area contributed by atoms with Crippen LogP contribution in [-0.2, 0) is 24.5 Å². The first-order valence-corrected chi connectivity index (χ1v) is 8.08. The van der Waals surface area contributed by atoms with E-state index in [2.05, 4.69) is 24.4 Å². The van der Waals surface area contributed by atoms with Gasteiger partial charge in [0, 0.05) is 21.3 Å². The molecule has 1 N–H and O–H groups in total. The standard InChI is InChI=1S/C16H20ClNOS/c1-2-9-18-10-15-7-8-16(20-15)12-19-11-13-3-5-14(17)6-4-13/h3-8,18H,2,9-12H2,1H3. The fourth-order valence-corrected chi connectivity index (χ4v) is 2.88. The molecule has 0 bridgehead atoms. The third-order valence-electron chi connectivity index (χ3n) is 2.87. The van der Waals surface area contributed by atoms with E-state index in [1.165, 1.54) is 16.2 Å². The summed E-state index contributed by atoms with van der Waals surface area (Å²) in [6.07, 6.45) is 1.17. The van der Waals surface area contributed by atoms with Crippen LogP contribution in [0.25, 0.3) is 0 Å². The molecule has 1 aromatic carbocycles. The minimum absolute atomic E-state index is 0.623. The zero-order chi connectivity index (χ0) is 14.2. The van der Waals surface area contributed by atoms with Gasteiger partial charge in [0.15, 0.2) is 0 Å². The molecule has 0 unspecified atom stereocenters. The largest absolute Gasteiger partial charge is 0.371 e. The van der Waals surface area contributed by atoms with Gasteiger partial charge in [0.25, 0.3) is 0 Å². The first-order valence-electron chi connectivity index (χ1n) is 6.88. The van der Waals surface area contributed by atoms with E-state index >= 15 is 0 Å². The molecule has 0 aliphatic rings. The highest BCUT2D eigenvalue weighted by atomic mass is 35.5. The fourth-order valence-electron chi connectivity index (χ4n) is 1.83. The second-order valence-electron chi connectivity index (χ2n) is 4.66. The van der Waals surface area contributed by atoms with Crippen LogP contribution < -0.4 is 5.32 Å². The van der Waals surface area contributed by atoms with Crippen LogP contribution in [0.15, 0.2) is 36.4 Å². The monoisotopic (exact) mass is 309 g/mol. The molecule has 1 aromatic heterocycles. The Morgan fingerprint density at radius 1 is 1.05 bits per heavy atom.